The van der Waals surface area contributed by atoms with Crippen LogP contribution in [0.25, 0.3) is 0 Å². The van der Waals surface area contributed by atoms with E-state index in [0.29, 0.717) is 6.54 Å². The van der Waals surface area contributed by atoms with E-state index in [4.69, 9.17) is 4.74 Å². The molecule has 4 nitrogen and oxygen atoms in total. The lowest BCUT2D eigenvalue weighted by atomic mass is 9.98. The fourth-order valence-electron chi connectivity index (χ4n) is 3.17. The predicted octanol–water partition coefficient (Wildman–Crippen LogP) is 6.13. The van der Waals surface area contributed by atoms with Gasteiger partial charge in [0.1, 0.15) is 11.7 Å². The monoisotopic (exact) mass is 443 g/mol. The molecule has 0 amide bonds. The minimum atomic E-state index is -4.56. The van der Waals surface area contributed by atoms with Gasteiger partial charge in [0, 0.05) is 22.9 Å². The van der Waals surface area contributed by atoms with Crippen molar-refractivity contribution in [1.29, 1.82) is 0 Å². The SMILES string of the molecule is CCN(c1ccc(Br)cc1)c1ncc(C(F)(F)F)c(OC2CCCCC2)n1. The Kier molecular flexibility index (Phi) is 6.24. The maximum absolute atomic E-state index is 13.4. The van der Waals surface area contributed by atoms with Gasteiger partial charge in [0.05, 0.1) is 0 Å². The number of benzene rings is 1. The van der Waals surface area contributed by atoms with Crippen molar-refractivity contribution in [2.75, 3.05) is 11.4 Å². The average molecular weight is 444 g/mol. The van der Waals surface area contributed by atoms with Gasteiger partial charge in [-0.25, -0.2) is 4.98 Å². The van der Waals surface area contributed by atoms with Crippen molar-refractivity contribution in [2.24, 2.45) is 0 Å². The first kappa shape index (κ1) is 19.9. The molecule has 0 bridgehead atoms. The highest BCUT2D eigenvalue weighted by Gasteiger charge is 2.37. The number of nitrogens with zero attached hydrogens (tertiary/aromatic N) is 3. The van der Waals surface area contributed by atoms with Gasteiger partial charge in [-0.1, -0.05) is 22.4 Å². The summed E-state index contributed by atoms with van der Waals surface area (Å²) in [5.41, 5.74) is -0.132. The summed E-state index contributed by atoms with van der Waals surface area (Å²) in [7, 11) is 0. The second kappa shape index (κ2) is 8.46. The maximum atomic E-state index is 13.4. The van der Waals surface area contributed by atoms with Crippen LogP contribution in [0.3, 0.4) is 0 Å². The zero-order chi connectivity index (χ0) is 19.4. The Labute approximate surface area is 164 Å². The van der Waals surface area contributed by atoms with Gasteiger partial charge in [0.2, 0.25) is 11.8 Å². The van der Waals surface area contributed by atoms with Crippen LogP contribution >= 0.6 is 15.9 Å². The van der Waals surface area contributed by atoms with Crippen molar-refractivity contribution < 1.29 is 17.9 Å². The molecule has 1 fully saturated rings. The summed E-state index contributed by atoms with van der Waals surface area (Å²) in [4.78, 5) is 9.89. The van der Waals surface area contributed by atoms with E-state index in [0.717, 1.165) is 48.5 Å². The molecule has 0 spiro atoms. The molecule has 0 saturated heterocycles. The van der Waals surface area contributed by atoms with Crippen LogP contribution in [-0.4, -0.2) is 22.6 Å². The van der Waals surface area contributed by atoms with Crippen LogP contribution in [0.15, 0.2) is 34.9 Å². The summed E-state index contributed by atoms with van der Waals surface area (Å²) >= 11 is 3.38. The number of hydrogen-bond donors (Lipinski definition) is 0. The van der Waals surface area contributed by atoms with Crippen LogP contribution in [0, 0.1) is 0 Å². The number of anilines is 2. The normalized spacial score (nSPS) is 15.6. The van der Waals surface area contributed by atoms with E-state index in [9.17, 15) is 13.2 Å². The molecule has 1 aromatic heterocycles. The molecule has 3 rings (SSSR count). The summed E-state index contributed by atoms with van der Waals surface area (Å²) < 4.78 is 46.8. The van der Waals surface area contributed by atoms with Crippen LogP contribution < -0.4 is 9.64 Å². The number of hydrogen-bond acceptors (Lipinski definition) is 4. The van der Waals surface area contributed by atoms with E-state index in [1.807, 2.05) is 31.2 Å². The highest BCUT2D eigenvalue weighted by molar-refractivity contribution is 9.10. The van der Waals surface area contributed by atoms with Gasteiger partial charge in [0.25, 0.3) is 0 Å². The van der Waals surface area contributed by atoms with Gasteiger partial charge in [0.15, 0.2) is 0 Å². The molecular weight excluding hydrogens is 423 g/mol. The van der Waals surface area contributed by atoms with Crippen LogP contribution in [0.2, 0.25) is 0 Å². The Morgan fingerprint density at radius 2 is 1.81 bits per heavy atom. The van der Waals surface area contributed by atoms with Crippen LogP contribution in [0.5, 0.6) is 5.88 Å². The number of alkyl halides is 3. The van der Waals surface area contributed by atoms with Crippen LogP contribution in [0.4, 0.5) is 24.8 Å². The Morgan fingerprint density at radius 3 is 2.41 bits per heavy atom. The lowest BCUT2D eigenvalue weighted by molar-refractivity contribution is -0.140. The summed E-state index contributed by atoms with van der Waals surface area (Å²) in [6.45, 7) is 2.40. The Balaban J connectivity index is 1.95. The average Bonchev–Trinajstić information content (AvgIpc) is 2.64. The van der Waals surface area contributed by atoms with Gasteiger partial charge in [-0.15, -0.1) is 0 Å². The highest BCUT2D eigenvalue weighted by atomic mass is 79.9. The third kappa shape index (κ3) is 4.91. The molecular formula is C19H21BrF3N3O. The molecule has 0 unspecified atom stereocenters. The number of rotatable bonds is 5. The summed E-state index contributed by atoms with van der Waals surface area (Å²) in [5.74, 6) is -0.186. The largest absolute Gasteiger partial charge is 0.474 e. The Morgan fingerprint density at radius 1 is 1.15 bits per heavy atom. The van der Waals surface area contributed by atoms with E-state index in [2.05, 4.69) is 25.9 Å². The van der Waals surface area contributed by atoms with Crippen molar-refractivity contribution in [3.8, 4) is 5.88 Å². The maximum Gasteiger partial charge on any atom is 0.423 e. The Hall–Kier alpha value is -1.83. The van der Waals surface area contributed by atoms with E-state index in [-0.39, 0.29) is 17.9 Å². The molecule has 8 heteroatoms. The van der Waals surface area contributed by atoms with Crippen LogP contribution in [0.1, 0.15) is 44.6 Å². The first-order valence-corrected chi connectivity index (χ1v) is 9.81. The molecule has 27 heavy (non-hydrogen) atoms. The molecule has 0 aliphatic heterocycles. The lowest BCUT2D eigenvalue weighted by Crippen LogP contribution is -2.24. The summed E-state index contributed by atoms with van der Waals surface area (Å²) in [5, 5.41) is 0. The van der Waals surface area contributed by atoms with Gasteiger partial charge < -0.3 is 9.64 Å². The number of ether oxygens (including phenoxy) is 1. The Bertz CT molecular complexity index is 762. The minimum absolute atomic E-state index is 0.193. The zero-order valence-corrected chi connectivity index (χ0v) is 16.6. The topological polar surface area (TPSA) is 38.2 Å². The standard InChI is InChI=1S/C19H21BrF3N3O/c1-2-26(14-10-8-13(20)9-11-14)18-24-12-16(19(21,22)23)17(25-18)27-15-6-4-3-5-7-15/h8-12,15H,2-7H2,1H3. The van der Waals surface area contributed by atoms with Gasteiger partial charge in [-0.3, -0.25) is 0 Å². The van der Waals surface area contributed by atoms with Gasteiger partial charge >= 0.3 is 6.18 Å². The van der Waals surface area contributed by atoms with Gasteiger partial charge in [-0.2, -0.15) is 18.2 Å². The fourth-order valence-corrected chi connectivity index (χ4v) is 3.44. The van der Waals surface area contributed by atoms with Crippen molar-refractivity contribution in [1.82, 2.24) is 9.97 Å². The molecule has 2 aromatic rings. The van der Waals surface area contributed by atoms with E-state index < -0.39 is 11.7 Å². The third-order valence-corrected chi connectivity index (χ3v) is 5.10. The zero-order valence-electron chi connectivity index (χ0n) is 15.0. The fraction of sp³-hybridized carbons (Fsp3) is 0.474. The van der Waals surface area contributed by atoms with Gasteiger partial charge in [-0.05, 0) is 56.9 Å². The first-order chi connectivity index (χ1) is 12.9. The minimum Gasteiger partial charge on any atom is -0.474 e. The second-order valence-corrected chi connectivity index (χ2v) is 7.40. The quantitative estimate of drug-likeness (QED) is 0.557. The molecule has 1 aliphatic rings. The first-order valence-electron chi connectivity index (χ1n) is 9.02. The molecule has 0 N–H and O–H groups in total. The summed E-state index contributed by atoms with van der Waals surface area (Å²) in [6.07, 6.45) is 0.550. The lowest BCUT2D eigenvalue weighted by Gasteiger charge is -2.26. The molecule has 1 aromatic carbocycles. The molecule has 0 radical (unpaired) electrons. The summed E-state index contributed by atoms with van der Waals surface area (Å²) in [6, 6.07) is 7.44. The number of halogens is 4. The van der Waals surface area contributed by atoms with E-state index >= 15 is 0 Å². The number of aromatic nitrogens is 2. The predicted molar refractivity (Wildman–Crippen MR) is 101 cm³/mol. The molecule has 1 heterocycles. The molecule has 1 aliphatic carbocycles. The van der Waals surface area contributed by atoms with Crippen molar-refractivity contribution in [2.45, 2.75) is 51.3 Å². The van der Waals surface area contributed by atoms with Crippen molar-refractivity contribution >= 4 is 27.6 Å². The van der Waals surface area contributed by atoms with Crippen molar-refractivity contribution in [3.63, 3.8) is 0 Å². The molecule has 146 valence electrons. The molecule has 0 atom stereocenters. The second-order valence-electron chi connectivity index (χ2n) is 6.49. The molecule has 1 saturated carbocycles. The highest BCUT2D eigenvalue weighted by Crippen LogP contribution is 2.37. The van der Waals surface area contributed by atoms with Crippen molar-refractivity contribution in [3.05, 3.63) is 40.5 Å². The van der Waals surface area contributed by atoms with E-state index in [1.165, 1.54) is 0 Å². The third-order valence-electron chi connectivity index (χ3n) is 4.57. The smallest absolute Gasteiger partial charge is 0.423 e. The van der Waals surface area contributed by atoms with E-state index in [1.54, 1.807) is 4.90 Å². The van der Waals surface area contributed by atoms with Crippen LogP contribution in [-0.2, 0) is 6.18 Å².